The fraction of sp³-hybridized carbons (Fsp3) is 0.833. The van der Waals surface area contributed by atoms with Crippen LogP contribution in [-0.2, 0) is 19.1 Å². The highest BCUT2D eigenvalue weighted by molar-refractivity contribution is 5.95. The molecule has 0 saturated carbocycles. The van der Waals surface area contributed by atoms with Crippen LogP contribution in [0.2, 0.25) is 0 Å². The summed E-state index contributed by atoms with van der Waals surface area (Å²) >= 11 is 0. The van der Waals surface area contributed by atoms with Gasteiger partial charge in [-0.25, -0.2) is 4.79 Å². The highest BCUT2D eigenvalue weighted by atomic mass is 16.6. The van der Waals surface area contributed by atoms with Gasteiger partial charge in [0.15, 0.2) is 0 Å². The second-order valence-corrected chi connectivity index (χ2v) is 7.22. The maximum Gasteiger partial charge on any atom is 0.332 e. The number of rotatable bonds is 8. The van der Waals surface area contributed by atoms with Crippen molar-refractivity contribution in [3.8, 4) is 0 Å². The Balaban J connectivity index is 5.60. The predicted octanol–water partition coefficient (Wildman–Crippen LogP) is 2.70. The summed E-state index contributed by atoms with van der Waals surface area (Å²) in [4.78, 5) is 37.1. The van der Waals surface area contributed by atoms with E-state index in [2.05, 4.69) is 10.6 Å². The first-order valence-corrected chi connectivity index (χ1v) is 8.76. The Bertz CT molecular complexity index is 458. The van der Waals surface area contributed by atoms with Crippen molar-refractivity contribution in [1.82, 2.24) is 10.6 Å². The van der Waals surface area contributed by atoms with Crippen molar-refractivity contribution in [2.24, 2.45) is 0 Å². The standard InChI is InChI=1S/C18H34N2O4/c1-9-17(10-2,19-13(5)21)14(22)20-18(11-3,12-4)15(23)24-16(6,7)8/h9-12H2,1-8H3,(H,19,21)(H,20,22). The minimum atomic E-state index is -1.10. The second kappa shape index (κ2) is 8.49. The van der Waals surface area contributed by atoms with Crippen molar-refractivity contribution in [2.45, 2.75) is 97.8 Å². The number of ether oxygens (including phenoxy) is 1. The number of esters is 1. The number of carbonyl (C=O) groups is 3. The quantitative estimate of drug-likeness (QED) is 0.664. The van der Waals surface area contributed by atoms with Crippen LogP contribution in [0.1, 0.15) is 81.1 Å². The summed E-state index contributed by atoms with van der Waals surface area (Å²) in [5, 5.41) is 5.62. The van der Waals surface area contributed by atoms with Gasteiger partial charge in [0.05, 0.1) is 0 Å². The fourth-order valence-corrected chi connectivity index (χ4v) is 2.62. The molecule has 2 amide bonds. The van der Waals surface area contributed by atoms with Crippen molar-refractivity contribution in [2.75, 3.05) is 0 Å². The first-order chi connectivity index (χ1) is 10.9. The number of carbonyl (C=O) groups excluding carboxylic acids is 3. The molecule has 0 spiro atoms. The van der Waals surface area contributed by atoms with Crippen molar-refractivity contribution in [3.63, 3.8) is 0 Å². The molecule has 0 atom stereocenters. The van der Waals surface area contributed by atoms with E-state index in [0.717, 1.165) is 0 Å². The van der Waals surface area contributed by atoms with Gasteiger partial charge in [0.25, 0.3) is 0 Å². The van der Waals surface area contributed by atoms with Gasteiger partial charge in [-0.3, -0.25) is 9.59 Å². The third-order valence-corrected chi connectivity index (χ3v) is 4.41. The van der Waals surface area contributed by atoms with E-state index in [9.17, 15) is 14.4 Å². The van der Waals surface area contributed by atoms with Gasteiger partial charge in [0, 0.05) is 6.92 Å². The minimum Gasteiger partial charge on any atom is -0.458 e. The van der Waals surface area contributed by atoms with Gasteiger partial charge in [-0.1, -0.05) is 27.7 Å². The van der Waals surface area contributed by atoms with Crippen LogP contribution in [0.25, 0.3) is 0 Å². The van der Waals surface area contributed by atoms with Crippen LogP contribution in [0.5, 0.6) is 0 Å². The molecular weight excluding hydrogens is 308 g/mol. The molecule has 0 fully saturated rings. The van der Waals surface area contributed by atoms with Crippen LogP contribution in [0, 0.1) is 0 Å². The van der Waals surface area contributed by atoms with Crippen LogP contribution >= 0.6 is 0 Å². The van der Waals surface area contributed by atoms with Crippen LogP contribution in [0.15, 0.2) is 0 Å². The third kappa shape index (κ3) is 5.49. The van der Waals surface area contributed by atoms with E-state index in [-0.39, 0.29) is 11.8 Å². The molecule has 6 nitrogen and oxygen atoms in total. The predicted molar refractivity (Wildman–Crippen MR) is 94.4 cm³/mol. The van der Waals surface area contributed by atoms with E-state index < -0.39 is 22.6 Å². The molecule has 140 valence electrons. The average Bonchev–Trinajstić information content (AvgIpc) is 2.48. The van der Waals surface area contributed by atoms with Crippen LogP contribution < -0.4 is 10.6 Å². The molecule has 0 aliphatic heterocycles. The molecule has 0 radical (unpaired) electrons. The van der Waals surface area contributed by atoms with Gasteiger partial charge in [0.2, 0.25) is 11.8 Å². The monoisotopic (exact) mass is 342 g/mol. The maximum atomic E-state index is 12.9. The Hall–Kier alpha value is -1.59. The smallest absolute Gasteiger partial charge is 0.332 e. The lowest BCUT2D eigenvalue weighted by Gasteiger charge is -2.38. The molecule has 0 heterocycles. The van der Waals surface area contributed by atoms with E-state index >= 15 is 0 Å². The van der Waals surface area contributed by atoms with Crippen molar-refractivity contribution in [3.05, 3.63) is 0 Å². The Morgan fingerprint density at radius 3 is 1.50 bits per heavy atom. The first kappa shape index (κ1) is 22.4. The first-order valence-electron chi connectivity index (χ1n) is 8.76. The van der Waals surface area contributed by atoms with Crippen molar-refractivity contribution < 1.29 is 19.1 Å². The summed E-state index contributed by atoms with van der Waals surface area (Å²) in [6.07, 6.45) is 1.70. The zero-order valence-corrected chi connectivity index (χ0v) is 16.5. The van der Waals surface area contributed by atoms with Crippen molar-refractivity contribution in [1.29, 1.82) is 0 Å². The molecule has 2 N–H and O–H groups in total. The fourth-order valence-electron chi connectivity index (χ4n) is 2.62. The van der Waals surface area contributed by atoms with Crippen molar-refractivity contribution >= 4 is 17.8 Å². The molecule has 0 aromatic rings. The number of hydrogen-bond acceptors (Lipinski definition) is 4. The van der Waals surface area contributed by atoms with E-state index in [0.29, 0.717) is 25.7 Å². The largest absolute Gasteiger partial charge is 0.458 e. The summed E-state index contributed by atoms with van der Waals surface area (Å²) in [5.74, 6) is -1.07. The van der Waals surface area contributed by atoms with Gasteiger partial charge >= 0.3 is 5.97 Å². The summed E-state index contributed by atoms with van der Waals surface area (Å²) in [7, 11) is 0. The van der Waals surface area contributed by atoms with Gasteiger partial charge in [0.1, 0.15) is 16.7 Å². The molecule has 0 rings (SSSR count). The molecule has 0 aromatic heterocycles. The summed E-state index contributed by atoms with van der Waals surface area (Å²) < 4.78 is 5.51. The Morgan fingerprint density at radius 2 is 1.21 bits per heavy atom. The highest BCUT2D eigenvalue weighted by Gasteiger charge is 2.45. The number of hydrogen-bond donors (Lipinski definition) is 2. The SMILES string of the molecule is CCC(CC)(NC(C)=O)C(=O)NC(CC)(CC)C(=O)OC(C)(C)C. The van der Waals surface area contributed by atoms with Gasteiger partial charge in [-0.05, 0) is 46.5 Å². The topological polar surface area (TPSA) is 84.5 Å². The molecule has 0 saturated heterocycles. The molecule has 0 aliphatic carbocycles. The molecule has 24 heavy (non-hydrogen) atoms. The van der Waals surface area contributed by atoms with Crippen LogP contribution in [0.4, 0.5) is 0 Å². The molecule has 0 unspecified atom stereocenters. The number of nitrogens with one attached hydrogen (secondary N) is 2. The highest BCUT2D eigenvalue weighted by Crippen LogP contribution is 2.24. The third-order valence-electron chi connectivity index (χ3n) is 4.41. The normalized spacial score (nSPS) is 12.5. The van der Waals surface area contributed by atoms with Gasteiger partial charge < -0.3 is 15.4 Å². The molecule has 0 aromatic carbocycles. The summed E-state index contributed by atoms with van der Waals surface area (Å²) in [6.45, 7) is 14.1. The summed E-state index contributed by atoms with van der Waals surface area (Å²) in [5.41, 5.74) is -2.76. The molecular formula is C18H34N2O4. The van der Waals surface area contributed by atoms with Crippen LogP contribution in [0.3, 0.4) is 0 Å². The van der Waals surface area contributed by atoms with E-state index in [1.165, 1.54) is 6.92 Å². The summed E-state index contributed by atoms with van der Waals surface area (Å²) in [6, 6.07) is 0. The zero-order chi connectivity index (χ0) is 19.2. The maximum absolute atomic E-state index is 12.9. The zero-order valence-electron chi connectivity index (χ0n) is 16.5. The lowest BCUT2D eigenvalue weighted by molar-refractivity contribution is -0.165. The Morgan fingerprint density at radius 1 is 0.792 bits per heavy atom. The van der Waals surface area contributed by atoms with Crippen LogP contribution in [-0.4, -0.2) is 34.5 Å². The number of amides is 2. The van der Waals surface area contributed by atoms with E-state index in [1.54, 1.807) is 20.8 Å². The lowest BCUT2D eigenvalue weighted by Crippen LogP contribution is -2.65. The Labute approximate surface area is 146 Å². The molecule has 0 bridgehead atoms. The van der Waals surface area contributed by atoms with Gasteiger partial charge in [-0.15, -0.1) is 0 Å². The molecule has 0 aliphatic rings. The Kier molecular flexibility index (Phi) is 7.93. The average molecular weight is 342 g/mol. The van der Waals surface area contributed by atoms with E-state index in [4.69, 9.17) is 4.74 Å². The van der Waals surface area contributed by atoms with Gasteiger partial charge in [-0.2, -0.15) is 0 Å². The lowest BCUT2D eigenvalue weighted by atomic mass is 9.87. The minimum absolute atomic E-state index is 0.273. The second-order valence-electron chi connectivity index (χ2n) is 7.22. The van der Waals surface area contributed by atoms with E-state index in [1.807, 2.05) is 27.7 Å². The molecule has 6 heteroatoms.